The molecule has 1 heterocycles. The maximum Gasteiger partial charge on any atom is 0.211 e. The Morgan fingerprint density at radius 2 is 2.09 bits per heavy atom. The van der Waals surface area contributed by atoms with Crippen molar-refractivity contribution in [1.29, 1.82) is 0 Å². The van der Waals surface area contributed by atoms with Crippen LogP contribution in [0.5, 0.6) is 0 Å². The van der Waals surface area contributed by atoms with Gasteiger partial charge in [-0.1, -0.05) is 13.0 Å². The van der Waals surface area contributed by atoms with Crippen LogP contribution >= 0.6 is 0 Å². The fourth-order valence-electron chi connectivity index (χ4n) is 2.21. The number of halogens is 1. The molecule has 0 fully saturated rings. The largest absolute Gasteiger partial charge is 0.369 e. The van der Waals surface area contributed by atoms with E-state index in [1.54, 1.807) is 19.1 Å². The van der Waals surface area contributed by atoms with Gasteiger partial charge in [-0.2, -0.15) is 0 Å². The van der Waals surface area contributed by atoms with Crippen molar-refractivity contribution in [3.8, 4) is 0 Å². The van der Waals surface area contributed by atoms with Crippen LogP contribution in [-0.4, -0.2) is 48.6 Å². The maximum absolute atomic E-state index is 13.6. The van der Waals surface area contributed by atoms with E-state index in [4.69, 9.17) is 0 Å². The second kappa shape index (κ2) is 6.97. The number of fused-ring (bicyclic) bond motifs is 1. The minimum atomic E-state index is -3.17. The molecule has 2 aromatic rings. The third-order valence-corrected chi connectivity index (χ3v) is 4.69. The zero-order valence-electron chi connectivity index (χ0n) is 12.6. The summed E-state index contributed by atoms with van der Waals surface area (Å²) in [7, 11) is -3.17. The van der Waals surface area contributed by atoms with E-state index < -0.39 is 15.8 Å². The van der Waals surface area contributed by atoms with E-state index in [9.17, 15) is 12.8 Å². The van der Waals surface area contributed by atoms with Crippen LogP contribution in [0.25, 0.3) is 10.9 Å². The van der Waals surface area contributed by atoms with Crippen LogP contribution in [-0.2, 0) is 10.0 Å². The average molecular weight is 326 g/mol. The summed E-state index contributed by atoms with van der Waals surface area (Å²) >= 11 is 0. The van der Waals surface area contributed by atoms with Crippen molar-refractivity contribution in [2.45, 2.75) is 13.3 Å². The van der Waals surface area contributed by atoms with E-state index in [2.05, 4.69) is 15.3 Å². The van der Waals surface area contributed by atoms with Gasteiger partial charge in [-0.05, 0) is 18.6 Å². The molecule has 0 aliphatic rings. The first-order valence-corrected chi connectivity index (χ1v) is 8.86. The lowest BCUT2D eigenvalue weighted by molar-refractivity contribution is 0.428. The first kappa shape index (κ1) is 16.6. The Balaban J connectivity index is 2.00. The molecule has 0 bridgehead atoms. The van der Waals surface area contributed by atoms with Crippen molar-refractivity contribution in [1.82, 2.24) is 14.3 Å². The average Bonchev–Trinajstić information content (AvgIpc) is 2.46. The van der Waals surface area contributed by atoms with Gasteiger partial charge in [0, 0.05) is 25.0 Å². The predicted octanol–water partition coefficient (Wildman–Crippen LogP) is 1.85. The van der Waals surface area contributed by atoms with Gasteiger partial charge >= 0.3 is 0 Å². The molecule has 2 rings (SSSR count). The second-order valence-corrected chi connectivity index (χ2v) is 6.88. The fourth-order valence-corrected chi connectivity index (χ4v) is 3.14. The first-order valence-electron chi connectivity index (χ1n) is 7.01. The van der Waals surface area contributed by atoms with E-state index in [0.29, 0.717) is 37.3 Å². The summed E-state index contributed by atoms with van der Waals surface area (Å²) in [6, 6.07) is 4.70. The van der Waals surface area contributed by atoms with Gasteiger partial charge in [0.15, 0.2) is 0 Å². The highest BCUT2D eigenvalue weighted by atomic mass is 32.2. The molecule has 0 amide bonds. The highest BCUT2D eigenvalue weighted by Crippen LogP contribution is 2.20. The van der Waals surface area contributed by atoms with Gasteiger partial charge < -0.3 is 5.32 Å². The SMILES string of the molecule is CCN(CCCNc1ncnc2c(F)cccc12)S(C)(=O)=O. The van der Waals surface area contributed by atoms with Crippen molar-refractivity contribution in [3.05, 3.63) is 30.3 Å². The zero-order valence-corrected chi connectivity index (χ0v) is 13.4. The Morgan fingerprint density at radius 3 is 2.77 bits per heavy atom. The molecule has 1 N–H and O–H groups in total. The molecule has 0 aliphatic carbocycles. The zero-order chi connectivity index (χ0) is 16.2. The number of nitrogens with one attached hydrogen (secondary N) is 1. The van der Waals surface area contributed by atoms with Crippen molar-refractivity contribution < 1.29 is 12.8 Å². The first-order chi connectivity index (χ1) is 10.4. The van der Waals surface area contributed by atoms with Gasteiger partial charge in [0.2, 0.25) is 10.0 Å². The van der Waals surface area contributed by atoms with Crippen LogP contribution in [0.2, 0.25) is 0 Å². The normalized spacial score (nSPS) is 12.0. The summed E-state index contributed by atoms with van der Waals surface area (Å²) in [6.45, 7) is 3.21. The van der Waals surface area contributed by atoms with E-state index in [0.717, 1.165) is 0 Å². The molecule has 6 nitrogen and oxygen atoms in total. The van der Waals surface area contributed by atoms with Crippen molar-refractivity contribution >= 4 is 26.7 Å². The molecule has 0 aliphatic heterocycles. The quantitative estimate of drug-likeness (QED) is 0.786. The van der Waals surface area contributed by atoms with E-state index >= 15 is 0 Å². The van der Waals surface area contributed by atoms with Crippen molar-refractivity contribution in [3.63, 3.8) is 0 Å². The number of para-hydroxylation sites is 1. The number of aromatic nitrogens is 2. The Hall–Kier alpha value is -1.80. The maximum atomic E-state index is 13.6. The molecule has 0 spiro atoms. The van der Waals surface area contributed by atoms with Crippen LogP contribution in [0, 0.1) is 5.82 Å². The molecule has 0 unspecified atom stereocenters. The number of rotatable bonds is 7. The lowest BCUT2D eigenvalue weighted by atomic mass is 10.2. The van der Waals surface area contributed by atoms with Gasteiger partial charge in [0.1, 0.15) is 23.5 Å². The minimum absolute atomic E-state index is 0.270. The molecular formula is C14H19FN4O2S. The monoisotopic (exact) mass is 326 g/mol. The summed E-state index contributed by atoms with van der Waals surface area (Å²) in [5.41, 5.74) is 0.270. The summed E-state index contributed by atoms with van der Waals surface area (Å²) in [5, 5.41) is 3.72. The van der Waals surface area contributed by atoms with Gasteiger partial charge in [-0.15, -0.1) is 0 Å². The smallest absolute Gasteiger partial charge is 0.211 e. The minimum Gasteiger partial charge on any atom is -0.369 e. The van der Waals surface area contributed by atoms with Crippen molar-refractivity contribution in [2.24, 2.45) is 0 Å². The number of hydrogen-bond acceptors (Lipinski definition) is 5. The Labute approximate surface area is 129 Å². The number of sulfonamides is 1. The van der Waals surface area contributed by atoms with Crippen LogP contribution < -0.4 is 5.32 Å². The number of anilines is 1. The van der Waals surface area contributed by atoms with Crippen LogP contribution in [0.15, 0.2) is 24.5 Å². The molecule has 0 radical (unpaired) electrons. The van der Waals surface area contributed by atoms with Gasteiger partial charge in [0.25, 0.3) is 0 Å². The molecule has 0 saturated heterocycles. The molecular weight excluding hydrogens is 307 g/mol. The summed E-state index contributed by atoms with van der Waals surface area (Å²) < 4.78 is 38.0. The topological polar surface area (TPSA) is 75.2 Å². The molecule has 22 heavy (non-hydrogen) atoms. The number of benzene rings is 1. The highest BCUT2D eigenvalue weighted by molar-refractivity contribution is 7.88. The van der Waals surface area contributed by atoms with E-state index in [1.807, 2.05) is 0 Å². The van der Waals surface area contributed by atoms with Crippen LogP contribution in [0.3, 0.4) is 0 Å². The highest BCUT2D eigenvalue weighted by Gasteiger charge is 2.13. The molecule has 120 valence electrons. The standard InChI is InChI=1S/C14H19FN4O2S/c1-3-19(22(2,20)21)9-5-8-16-14-11-6-4-7-12(15)13(11)17-10-18-14/h4,6-7,10H,3,5,8-9H2,1-2H3,(H,16,17,18). The number of nitrogens with zero attached hydrogens (tertiary/aromatic N) is 3. The van der Waals surface area contributed by atoms with Gasteiger partial charge in [-0.3, -0.25) is 0 Å². The van der Waals surface area contributed by atoms with E-state index in [-0.39, 0.29) is 5.52 Å². The molecule has 1 aromatic heterocycles. The molecule has 0 saturated carbocycles. The molecule has 8 heteroatoms. The lowest BCUT2D eigenvalue weighted by Crippen LogP contribution is -2.31. The number of hydrogen-bond donors (Lipinski definition) is 1. The predicted molar refractivity (Wildman–Crippen MR) is 84.7 cm³/mol. The van der Waals surface area contributed by atoms with Crippen LogP contribution in [0.1, 0.15) is 13.3 Å². The summed E-state index contributed by atoms with van der Waals surface area (Å²) in [4.78, 5) is 8.04. The Morgan fingerprint density at radius 1 is 1.32 bits per heavy atom. The Kier molecular flexibility index (Phi) is 5.25. The van der Waals surface area contributed by atoms with Crippen LogP contribution in [0.4, 0.5) is 10.2 Å². The molecule has 1 aromatic carbocycles. The van der Waals surface area contributed by atoms with Gasteiger partial charge in [-0.25, -0.2) is 27.1 Å². The lowest BCUT2D eigenvalue weighted by Gasteiger charge is -2.17. The van der Waals surface area contributed by atoms with Crippen molar-refractivity contribution in [2.75, 3.05) is 31.2 Å². The molecule has 0 atom stereocenters. The fraction of sp³-hybridized carbons (Fsp3) is 0.429. The third-order valence-electron chi connectivity index (χ3n) is 3.31. The second-order valence-electron chi connectivity index (χ2n) is 4.89. The third kappa shape index (κ3) is 3.89. The Bertz CT molecular complexity index is 752. The summed E-state index contributed by atoms with van der Waals surface area (Å²) in [5.74, 6) is 0.157. The van der Waals surface area contributed by atoms with E-state index in [1.165, 1.54) is 23.0 Å². The summed E-state index contributed by atoms with van der Waals surface area (Å²) in [6.07, 6.45) is 3.13. The van der Waals surface area contributed by atoms with Gasteiger partial charge in [0.05, 0.1) is 6.26 Å².